The van der Waals surface area contributed by atoms with Crippen molar-refractivity contribution in [1.29, 1.82) is 0 Å². The van der Waals surface area contributed by atoms with E-state index >= 15 is 0 Å². The lowest BCUT2D eigenvalue weighted by molar-refractivity contribution is -0.128. The van der Waals surface area contributed by atoms with Gasteiger partial charge in [-0.2, -0.15) is 0 Å². The molecular formula is C11H21FN2O. The van der Waals surface area contributed by atoms with Crippen LogP contribution in [0.25, 0.3) is 0 Å². The van der Waals surface area contributed by atoms with Crippen molar-refractivity contribution in [2.75, 3.05) is 26.2 Å². The number of nitrogens with one attached hydrogen (secondary N) is 1. The zero-order valence-electron chi connectivity index (χ0n) is 9.85. The highest BCUT2D eigenvalue weighted by Crippen LogP contribution is 2.13. The van der Waals surface area contributed by atoms with E-state index in [1.807, 2.05) is 25.7 Å². The Balaban J connectivity index is 2.14. The van der Waals surface area contributed by atoms with E-state index in [4.69, 9.17) is 0 Å². The molecule has 0 aromatic rings. The van der Waals surface area contributed by atoms with E-state index in [0.29, 0.717) is 19.5 Å². The highest BCUT2D eigenvalue weighted by atomic mass is 19.1. The summed E-state index contributed by atoms with van der Waals surface area (Å²) in [6, 6.07) is 0. The maximum atomic E-state index is 12.8. The van der Waals surface area contributed by atoms with Crippen molar-refractivity contribution in [3.8, 4) is 0 Å². The second-order valence-electron chi connectivity index (χ2n) is 5.19. The Morgan fingerprint density at radius 3 is 2.67 bits per heavy atom. The van der Waals surface area contributed by atoms with Crippen LogP contribution in [-0.4, -0.2) is 43.2 Å². The molecule has 0 saturated carbocycles. The molecule has 1 N–H and O–H groups in total. The molecule has 1 aliphatic heterocycles. The quantitative estimate of drug-likeness (QED) is 0.768. The SMILES string of the molecule is CC(C)(C)C(=O)NCCN1CCC(F)C1. The number of nitrogens with zero attached hydrogens (tertiary/aromatic N) is 1. The minimum Gasteiger partial charge on any atom is -0.354 e. The van der Waals surface area contributed by atoms with Crippen molar-refractivity contribution >= 4 is 5.91 Å². The lowest BCUT2D eigenvalue weighted by Crippen LogP contribution is -2.39. The van der Waals surface area contributed by atoms with Crippen molar-refractivity contribution in [1.82, 2.24) is 10.2 Å². The second kappa shape index (κ2) is 4.92. The van der Waals surface area contributed by atoms with Crippen LogP contribution in [0.15, 0.2) is 0 Å². The first-order chi connectivity index (χ1) is 6.89. The van der Waals surface area contributed by atoms with Crippen molar-refractivity contribution in [2.45, 2.75) is 33.4 Å². The molecule has 0 bridgehead atoms. The fraction of sp³-hybridized carbons (Fsp3) is 0.909. The van der Waals surface area contributed by atoms with Gasteiger partial charge >= 0.3 is 0 Å². The lowest BCUT2D eigenvalue weighted by Gasteiger charge is -2.20. The van der Waals surface area contributed by atoms with Crippen LogP contribution in [0.5, 0.6) is 0 Å². The molecule has 1 amide bonds. The van der Waals surface area contributed by atoms with Crippen molar-refractivity contribution in [3.05, 3.63) is 0 Å². The smallest absolute Gasteiger partial charge is 0.225 e. The number of carbonyl (C=O) groups excluding carboxylic acids is 1. The van der Waals surface area contributed by atoms with E-state index in [9.17, 15) is 9.18 Å². The monoisotopic (exact) mass is 216 g/mol. The number of likely N-dealkylation sites (tertiary alicyclic amines) is 1. The molecule has 0 aromatic carbocycles. The molecule has 15 heavy (non-hydrogen) atoms. The van der Waals surface area contributed by atoms with Crippen LogP contribution in [0.1, 0.15) is 27.2 Å². The molecule has 0 spiro atoms. The number of rotatable bonds is 3. The van der Waals surface area contributed by atoms with Gasteiger partial charge in [-0.05, 0) is 6.42 Å². The number of alkyl halides is 1. The molecule has 88 valence electrons. The molecule has 1 fully saturated rings. The second-order valence-corrected chi connectivity index (χ2v) is 5.19. The zero-order chi connectivity index (χ0) is 11.5. The average Bonchev–Trinajstić information content (AvgIpc) is 2.49. The van der Waals surface area contributed by atoms with E-state index in [2.05, 4.69) is 5.32 Å². The fourth-order valence-corrected chi connectivity index (χ4v) is 1.58. The van der Waals surface area contributed by atoms with Gasteiger partial charge in [0.1, 0.15) is 6.17 Å². The molecule has 0 radical (unpaired) electrons. The number of hydrogen-bond acceptors (Lipinski definition) is 2. The van der Waals surface area contributed by atoms with Crippen molar-refractivity contribution in [3.63, 3.8) is 0 Å². The van der Waals surface area contributed by atoms with Crippen LogP contribution >= 0.6 is 0 Å². The van der Waals surface area contributed by atoms with Crippen LogP contribution in [-0.2, 0) is 4.79 Å². The molecule has 1 saturated heterocycles. The summed E-state index contributed by atoms with van der Waals surface area (Å²) in [5.41, 5.74) is -0.340. The van der Waals surface area contributed by atoms with Crippen LogP contribution in [0, 0.1) is 5.41 Å². The van der Waals surface area contributed by atoms with Crippen LogP contribution in [0.2, 0.25) is 0 Å². The summed E-state index contributed by atoms with van der Waals surface area (Å²) in [7, 11) is 0. The molecule has 3 nitrogen and oxygen atoms in total. The van der Waals surface area contributed by atoms with Crippen LogP contribution < -0.4 is 5.32 Å². The normalized spacial score (nSPS) is 23.1. The molecule has 0 aromatic heterocycles. The topological polar surface area (TPSA) is 32.3 Å². The van der Waals surface area contributed by atoms with Crippen molar-refractivity contribution < 1.29 is 9.18 Å². The summed E-state index contributed by atoms with van der Waals surface area (Å²) in [5.74, 6) is 0.0542. The summed E-state index contributed by atoms with van der Waals surface area (Å²) in [6.45, 7) is 8.35. The fourth-order valence-electron chi connectivity index (χ4n) is 1.58. The summed E-state index contributed by atoms with van der Waals surface area (Å²) in [5, 5.41) is 2.86. The van der Waals surface area contributed by atoms with Crippen LogP contribution in [0.4, 0.5) is 4.39 Å². The maximum absolute atomic E-state index is 12.8. The molecule has 0 aliphatic carbocycles. The van der Waals surface area contributed by atoms with Gasteiger partial charge in [-0.25, -0.2) is 4.39 Å². The Kier molecular flexibility index (Phi) is 4.08. The maximum Gasteiger partial charge on any atom is 0.225 e. The Hall–Kier alpha value is -0.640. The Morgan fingerprint density at radius 2 is 2.20 bits per heavy atom. The summed E-state index contributed by atoms with van der Waals surface area (Å²) < 4.78 is 12.8. The first kappa shape index (κ1) is 12.4. The van der Waals surface area contributed by atoms with Gasteiger partial charge in [0.15, 0.2) is 0 Å². The highest BCUT2D eigenvalue weighted by Gasteiger charge is 2.23. The van der Waals surface area contributed by atoms with Crippen LogP contribution in [0.3, 0.4) is 0 Å². The Morgan fingerprint density at radius 1 is 1.53 bits per heavy atom. The van der Waals surface area contributed by atoms with E-state index in [-0.39, 0.29) is 11.3 Å². The number of hydrogen-bond donors (Lipinski definition) is 1. The Labute approximate surface area is 91.0 Å². The first-order valence-electron chi connectivity index (χ1n) is 5.54. The molecule has 1 aliphatic rings. The summed E-state index contributed by atoms with van der Waals surface area (Å²) in [6.07, 6.45) is -0.0453. The number of halogens is 1. The largest absolute Gasteiger partial charge is 0.354 e. The highest BCUT2D eigenvalue weighted by molar-refractivity contribution is 5.81. The number of carbonyl (C=O) groups is 1. The molecule has 1 rings (SSSR count). The predicted molar refractivity (Wildman–Crippen MR) is 58.4 cm³/mol. The molecule has 1 heterocycles. The molecular weight excluding hydrogens is 195 g/mol. The van der Waals surface area contributed by atoms with Crippen molar-refractivity contribution in [2.24, 2.45) is 5.41 Å². The van der Waals surface area contributed by atoms with E-state index in [0.717, 1.165) is 13.1 Å². The third-order valence-electron chi connectivity index (χ3n) is 2.61. The van der Waals surface area contributed by atoms with Gasteiger partial charge in [-0.3, -0.25) is 9.69 Å². The summed E-state index contributed by atoms with van der Waals surface area (Å²) in [4.78, 5) is 13.5. The number of amides is 1. The van der Waals surface area contributed by atoms with E-state index in [1.54, 1.807) is 0 Å². The van der Waals surface area contributed by atoms with E-state index in [1.165, 1.54) is 0 Å². The van der Waals surface area contributed by atoms with Gasteiger partial charge in [0.05, 0.1) is 0 Å². The first-order valence-corrected chi connectivity index (χ1v) is 5.54. The van der Waals surface area contributed by atoms with Gasteiger partial charge in [-0.1, -0.05) is 20.8 Å². The third kappa shape index (κ3) is 4.16. The molecule has 1 unspecified atom stereocenters. The van der Waals surface area contributed by atoms with E-state index < -0.39 is 6.17 Å². The Bertz CT molecular complexity index is 225. The predicted octanol–water partition coefficient (Wildman–Crippen LogP) is 1.19. The summed E-state index contributed by atoms with van der Waals surface area (Å²) >= 11 is 0. The van der Waals surface area contributed by atoms with Gasteiger partial charge in [0.2, 0.25) is 5.91 Å². The minimum absolute atomic E-state index is 0.0542. The molecule has 4 heteroatoms. The zero-order valence-corrected chi connectivity index (χ0v) is 9.85. The van der Waals surface area contributed by atoms with Gasteiger partial charge in [0.25, 0.3) is 0 Å². The van der Waals surface area contributed by atoms with Gasteiger partial charge in [0, 0.05) is 31.6 Å². The minimum atomic E-state index is -0.677. The third-order valence-corrected chi connectivity index (χ3v) is 2.61. The standard InChI is InChI=1S/C11H21FN2O/c1-11(2,3)10(15)13-5-7-14-6-4-9(12)8-14/h9H,4-8H2,1-3H3,(H,13,15). The van der Waals surface area contributed by atoms with Gasteiger partial charge in [-0.15, -0.1) is 0 Å². The molecule has 1 atom stereocenters. The van der Waals surface area contributed by atoms with Gasteiger partial charge < -0.3 is 5.32 Å². The average molecular weight is 216 g/mol. The lowest BCUT2D eigenvalue weighted by atomic mass is 9.96.